The van der Waals surface area contributed by atoms with Crippen LogP contribution < -0.4 is 5.32 Å². The molecule has 2 amide bonds. The predicted molar refractivity (Wildman–Crippen MR) is 74.5 cm³/mol. The maximum absolute atomic E-state index is 12.3. The van der Waals surface area contributed by atoms with Crippen molar-refractivity contribution in [2.24, 2.45) is 17.8 Å². The van der Waals surface area contributed by atoms with Gasteiger partial charge in [-0.05, 0) is 38.6 Å². The Labute approximate surface area is 115 Å². The Kier molecular flexibility index (Phi) is 4.61. The van der Waals surface area contributed by atoms with Gasteiger partial charge in [0.05, 0.1) is 11.8 Å². The Balaban J connectivity index is 1.94. The van der Waals surface area contributed by atoms with E-state index in [1.165, 1.54) is 4.90 Å². The van der Waals surface area contributed by atoms with E-state index in [1.54, 1.807) is 0 Å². The Bertz CT molecular complexity index is 332. The summed E-state index contributed by atoms with van der Waals surface area (Å²) in [5.41, 5.74) is 0. The van der Waals surface area contributed by atoms with Crippen molar-refractivity contribution >= 4 is 11.8 Å². The molecule has 0 spiro atoms. The third-order valence-corrected chi connectivity index (χ3v) is 4.60. The number of carbonyl (C=O) groups is 2. The van der Waals surface area contributed by atoms with Crippen LogP contribution in [-0.2, 0) is 9.59 Å². The summed E-state index contributed by atoms with van der Waals surface area (Å²) < 4.78 is 0. The van der Waals surface area contributed by atoms with Crippen LogP contribution >= 0.6 is 0 Å². The first-order valence-corrected chi connectivity index (χ1v) is 7.67. The molecular formula is C15H26N2O2. The fraction of sp³-hybridized carbons (Fsp3) is 0.867. The molecule has 4 nitrogen and oxygen atoms in total. The van der Waals surface area contributed by atoms with Gasteiger partial charge in [0.1, 0.15) is 0 Å². The fourth-order valence-electron chi connectivity index (χ4n) is 3.44. The maximum atomic E-state index is 12.3. The molecule has 0 radical (unpaired) electrons. The lowest BCUT2D eigenvalue weighted by molar-refractivity contribution is -0.140. The van der Waals surface area contributed by atoms with Crippen molar-refractivity contribution in [1.82, 2.24) is 10.2 Å². The van der Waals surface area contributed by atoms with Crippen LogP contribution in [0.4, 0.5) is 0 Å². The summed E-state index contributed by atoms with van der Waals surface area (Å²) >= 11 is 0. The molecule has 2 aliphatic rings. The van der Waals surface area contributed by atoms with Crippen molar-refractivity contribution in [3.8, 4) is 0 Å². The summed E-state index contributed by atoms with van der Waals surface area (Å²) in [5.74, 6) is 0.694. The minimum absolute atomic E-state index is 0.0178. The van der Waals surface area contributed by atoms with Gasteiger partial charge in [0.2, 0.25) is 11.8 Å². The molecule has 1 saturated carbocycles. The van der Waals surface area contributed by atoms with Crippen molar-refractivity contribution < 1.29 is 9.59 Å². The lowest BCUT2D eigenvalue weighted by Gasteiger charge is -2.22. The molecule has 108 valence electrons. The molecule has 1 saturated heterocycles. The molecule has 19 heavy (non-hydrogen) atoms. The van der Waals surface area contributed by atoms with Gasteiger partial charge < -0.3 is 5.32 Å². The van der Waals surface area contributed by atoms with E-state index in [-0.39, 0.29) is 29.7 Å². The molecule has 1 N–H and O–H groups in total. The number of carbonyl (C=O) groups excluding carboxylic acids is 2. The summed E-state index contributed by atoms with van der Waals surface area (Å²) in [6.07, 6.45) is 3.98. The van der Waals surface area contributed by atoms with E-state index in [1.807, 2.05) is 6.92 Å². The van der Waals surface area contributed by atoms with Crippen LogP contribution in [0.2, 0.25) is 0 Å². The first-order chi connectivity index (χ1) is 9.08. The minimum Gasteiger partial charge on any atom is -0.312 e. The number of hydrogen-bond donors (Lipinski definition) is 1. The number of nitrogens with zero attached hydrogens (tertiary/aromatic N) is 1. The molecule has 1 heterocycles. The molecule has 1 aliphatic carbocycles. The largest absolute Gasteiger partial charge is 0.312 e. The smallest absolute Gasteiger partial charge is 0.233 e. The van der Waals surface area contributed by atoms with Crippen LogP contribution in [0.3, 0.4) is 0 Å². The zero-order chi connectivity index (χ0) is 14.0. The van der Waals surface area contributed by atoms with Crippen LogP contribution in [0.25, 0.3) is 0 Å². The second kappa shape index (κ2) is 6.04. The lowest BCUT2D eigenvalue weighted by Crippen LogP contribution is -2.43. The highest BCUT2D eigenvalue weighted by atomic mass is 16.2. The van der Waals surface area contributed by atoms with Crippen molar-refractivity contribution in [1.29, 1.82) is 0 Å². The van der Waals surface area contributed by atoms with Gasteiger partial charge in [-0.25, -0.2) is 0 Å². The van der Waals surface area contributed by atoms with Gasteiger partial charge in [-0.3, -0.25) is 14.5 Å². The highest BCUT2D eigenvalue weighted by molar-refractivity contribution is 6.05. The predicted octanol–water partition coefficient (Wildman–Crippen LogP) is 1.80. The van der Waals surface area contributed by atoms with Gasteiger partial charge in [-0.1, -0.05) is 20.3 Å². The van der Waals surface area contributed by atoms with E-state index in [4.69, 9.17) is 0 Å². The molecule has 0 aromatic rings. The fourth-order valence-corrected chi connectivity index (χ4v) is 3.44. The van der Waals surface area contributed by atoms with E-state index in [0.29, 0.717) is 12.5 Å². The molecule has 0 aromatic carbocycles. The van der Waals surface area contributed by atoms with Crippen molar-refractivity contribution in [3.63, 3.8) is 0 Å². The summed E-state index contributed by atoms with van der Waals surface area (Å²) in [6.45, 7) is 7.76. The van der Waals surface area contributed by atoms with Crippen molar-refractivity contribution in [2.75, 3.05) is 13.1 Å². The van der Waals surface area contributed by atoms with Gasteiger partial charge in [0, 0.05) is 12.6 Å². The molecule has 1 aliphatic heterocycles. The van der Waals surface area contributed by atoms with E-state index >= 15 is 0 Å². The second-order valence-electron chi connectivity index (χ2n) is 6.10. The average molecular weight is 266 g/mol. The number of nitrogens with one attached hydrogen (secondary N) is 1. The van der Waals surface area contributed by atoms with Gasteiger partial charge in [-0.2, -0.15) is 0 Å². The maximum Gasteiger partial charge on any atom is 0.233 e. The summed E-state index contributed by atoms with van der Waals surface area (Å²) in [7, 11) is 0. The number of amides is 2. The van der Waals surface area contributed by atoms with E-state index in [0.717, 1.165) is 32.2 Å². The molecule has 3 atom stereocenters. The highest BCUT2D eigenvalue weighted by Crippen LogP contribution is 2.44. The van der Waals surface area contributed by atoms with Crippen LogP contribution in [-0.4, -0.2) is 35.8 Å². The third-order valence-electron chi connectivity index (χ3n) is 4.60. The normalized spacial score (nSPS) is 31.9. The first-order valence-electron chi connectivity index (χ1n) is 7.67. The molecule has 4 heteroatoms. The molecule has 0 bridgehead atoms. The second-order valence-corrected chi connectivity index (χ2v) is 6.10. The van der Waals surface area contributed by atoms with E-state index < -0.39 is 0 Å². The zero-order valence-corrected chi connectivity index (χ0v) is 12.3. The van der Waals surface area contributed by atoms with E-state index in [9.17, 15) is 9.59 Å². The van der Waals surface area contributed by atoms with Gasteiger partial charge in [0.15, 0.2) is 0 Å². The Hall–Kier alpha value is -0.900. The zero-order valence-electron chi connectivity index (χ0n) is 12.3. The molecule has 3 unspecified atom stereocenters. The van der Waals surface area contributed by atoms with E-state index in [2.05, 4.69) is 19.2 Å². The highest BCUT2D eigenvalue weighted by Gasteiger charge is 2.52. The average Bonchev–Trinajstić information content (AvgIpc) is 2.92. The number of fused-ring (bicyclic) bond motifs is 1. The molecular weight excluding hydrogens is 240 g/mol. The van der Waals surface area contributed by atoms with Crippen LogP contribution in [0.15, 0.2) is 0 Å². The molecule has 0 aromatic heterocycles. The monoisotopic (exact) mass is 266 g/mol. The van der Waals surface area contributed by atoms with Crippen molar-refractivity contribution in [3.05, 3.63) is 0 Å². The SMILES string of the molecule is CCCNC(C)CN1C(=O)C2CC(CC)CC2C1=O. The van der Waals surface area contributed by atoms with Crippen LogP contribution in [0.1, 0.15) is 46.5 Å². The summed E-state index contributed by atoms with van der Waals surface area (Å²) in [6, 6.07) is 0.189. The molecule has 2 fully saturated rings. The van der Waals surface area contributed by atoms with Gasteiger partial charge in [0.25, 0.3) is 0 Å². The Morgan fingerprint density at radius 1 is 1.21 bits per heavy atom. The topological polar surface area (TPSA) is 49.4 Å². The minimum atomic E-state index is -0.0178. The van der Waals surface area contributed by atoms with Crippen LogP contribution in [0.5, 0.6) is 0 Å². The summed E-state index contributed by atoms with van der Waals surface area (Å²) in [4.78, 5) is 26.2. The first kappa shape index (κ1) is 14.5. The Morgan fingerprint density at radius 3 is 2.26 bits per heavy atom. The number of hydrogen-bond acceptors (Lipinski definition) is 3. The quantitative estimate of drug-likeness (QED) is 0.746. The lowest BCUT2D eigenvalue weighted by atomic mass is 10.00. The third kappa shape index (κ3) is 2.83. The summed E-state index contributed by atoms with van der Waals surface area (Å²) in [5, 5.41) is 3.34. The number of imide groups is 1. The van der Waals surface area contributed by atoms with Gasteiger partial charge >= 0.3 is 0 Å². The van der Waals surface area contributed by atoms with Gasteiger partial charge in [-0.15, -0.1) is 0 Å². The number of likely N-dealkylation sites (tertiary alicyclic amines) is 1. The number of rotatable bonds is 6. The van der Waals surface area contributed by atoms with Crippen LogP contribution in [0, 0.1) is 17.8 Å². The Morgan fingerprint density at radius 2 is 1.79 bits per heavy atom. The van der Waals surface area contributed by atoms with Crippen molar-refractivity contribution in [2.45, 2.75) is 52.5 Å². The molecule has 2 rings (SSSR count). The standard InChI is InChI=1S/C15H26N2O2/c1-4-6-16-10(3)9-17-14(18)12-7-11(5-2)8-13(12)15(17)19/h10-13,16H,4-9H2,1-3H3.